The molecule has 1 saturated heterocycles. The van der Waals surface area contributed by atoms with Crippen molar-refractivity contribution in [3.63, 3.8) is 0 Å². The van der Waals surface area contributed by atoms with E-state index in [2.05, 4.69) is 4.98 Å². The molecular weight excluding hydrogens is 319 g/mol. The topological polar surface area (TPSA) is 42.4 Å². The highest BCUT2D eigenvalue weighted by Crippen LogP contribution is 2.25. The molecule has 126 valence electrons. The lowest BCUT2D eigenvalue weighted by Gasteiger charge is -2.33. The molecule has 1 aliphatic rings. The Kier molecular flexibility index (Phi) is 4.15. The summed E-state index contributed by atoms with van der Waals surface area (Å²) in [6.45, 7) is 1.29. The number of amides is 1. The molecule has 1 atom stereocenters. The molecule has 2 heterocycles. The van der Waals surface area contributed by atoms with E-state index in [0.717, 1.165) is 16.3 Å². The van der Waals surface area contributed by atoms with Gasteiger partial charge in [0.1, 0.15) is 17.6 Å². The van der Waals surface area contributed by atoms with E-state index in [4.69, 9.17) is 4.74 Å². The van der Waals surface area contributed by atoms with Gasteiger partial charge < -0.3 is 9.64 Å². The largest absolute Gasteiger partial charge is 0.370 e. The van der Waals surface area contributed by atoms with E-state index in [1.807, 2.05) is 36.4 Å². The highest BCUT2D eigenvalue weighted by molar-refractivity contribution is 6.05. The summed E-state index contributed by atoms with van der Waals surface area (Å²) in [5, 5.41) is 1.82. The summed E-state index contributed by atoms with van der Waals surface area (Å²) in [6, 6.07) is 15.9. The first-order valence-electron chi connectivity index (χ1n) is 8.22. The molecule has 3 aromatic rings. The number of hydrogen-bond donors (Lipinski definition) is 0. The number of ether oxygens (including phenoxy) is 1. The smallest absolute Gasteiger partial charge is 0.273 e. The molecule has 2 aromatic carbocycles. The lowest BCUT2D eigenvalue weighted by molar-refractivity contribution is -0.0230. The number of rotatable bonds is 2. The number of hydrogen-bond acceptors (Lipinski definition) is 3. The zero-order chi connectivity index (χ0) is 17.2. The van der Waals surface area contributed by atoms with Gasteiger partial charge in [-0.25, -0.2) is 4.39 Å². The number of halogens is 1. The van der Waals surface area contributed by atoms with Crippen molar-refractivity contribution >= 4 is 16.7 Å². The second-order valence-electron chi connectivity index (χ2n) is 6.05. The minimum absolute atomic E-state index is 0.124. The van der Waals surface area contributed by atoms with Gasteiger partial charge in [0, 0.05) is 18.1 Å². The molecule has 0 N–H and O–H groups in total. The molecule has 0 bridgehead atoms. The first-order valence-corrected chi connectivity index (χ1v) is 8.22. The van der Waals surface area contributed by atoms with Crippen molar-refractivity contribution in [1.82, 2.24) is 9.88 Å². The summed E-state index contributed by atoms with van der Waals surface area (Å²) in [5.74, 6) is -0.429. The Morgan fingerprint density at radius 1 is 1.16 bits per heavy atom. The number of carbonyl (C=O) groups excluding carboxylic acids is 1. The van der Waals surface area contributed by atoms with E-state index in [1.165, 1.54) is 12.1 Å². The maximum atomic E-state index is 13.5. The number of carbonyl (C=O) groups is 1. The van der Waals surface area contributed by atoms with Gasteiger partial charge in [-0.1, -0.05) is 36.4 Å². The molecule has 25 heavy (non-hydrogen) atoms. The van der Waals surface area contributed by atoms with Gasteiger partial charge >= 0.3 is 0 Å². The van der Waals surface area contributed by atoms with E-state index in [9.17, 15) is 9.18 Å². The van der Waals surface area contributed by atoms with E-state index in [1.54, 1.807) is 17.2 Å². The van der Waals surface area contributed by atoms with Crippen molar-refractivity contribution in [2.75, 3.05) is 19.7 Å². The predicted octanol–water partition coefficient (Wildman–Crippen LogP) is 3.59. The maximum Gasteiger partial charge on any atom is 0.273 e. The Morgan fingerprint density at radius 2 is 2.04 bits per heavy atom. The zero-order valence-electron chi connectivity index (χ0n) is 13.6. The Morgan fingerprint density at radius 3 is 2.92 bits per heavy atom. The van der Waals surface area contributed by atoms with E-state index in [-0.39, 0.29) is 17.8 Å². The van der Waals surface area contributed by atoms with Gasteiger partial charge in [0.15, 0.2) is 0 Å². The number of benzene rings is 2. The van der Waals surface area contributed by atoms with Gasteiger partial charge in [-0.2, -0.15) is 0 Å². The molecular formula is C20H17FN2O2. The summed E-state index contributed by atoms with van der Waals surface area (Å²) in [4.78, 5) is 19.0. The van der Waals surface area contributed by atoms with Crippen molar-refractivity contribution in [1.29, 1.82) is 0 Å². The van der Waals surface area contributed by atoms with Crippen LogP contribution in [-0.2, 0) is 4.74 Å². The molecule has 4 nitrogen and oxygen atoms in total. The first-order chi connectivity index (χ1) is 12.2. The number of morpholine rings is 1. The van der Waals surface area contributed by atoms with Crippen LogP contribution in [0.3, 0.4) is 0 Å². The molecule has 0 aliphatic carbocycles. The summed E-state index contributed by atoms with van der Waals surface area (Å²) in [7, 11) is 0. The van der Waals surface area contributed by atoms with Crippen molar-refractivity contribution in [2.45, 2.75) is 6.10 Å². The minimum atomic E-state index is -0.330. The van der Waals surface area contributed by atoms with Crippen LogP contribution in [0.25, 0.3) is 10.8 Å². The Bertz CT molecular complexity index is 923. The van der Waals surface area contributed by atoms with Crippen molar-refractivity contribution in [2.24, 2.45) is 0 Å². The Balaban J connectivity index is 1.61. The second-order valence-corrected chi connectivity index (χ2v) is 6.05. The van der Waals surface area contributed by atoms with Crippen LogP contribution in [0, 0.1) is 5.82 Å². The average molecular weight is 336 g/mol. The normalized spacial score (nSPS) is 17.6. The zero-order valence-corrected chi connectivity index (χ0v) is 13.6. The third kappa shape index (κ3) is 3.10. The molecule has 1 fully saturated rings. The van der Waals surface area contributed by atoms with Crippen LogP contribution < -0.4 is 0 Å². The molecule has 1 aliphatic heterocycles. The van der Waals surface area contributed by atoms with Gasteiger partial charge in [0.2, 0.25) is 0 Å². The Labute approximate surface area is 144 Å². The molecule has 4 rings (SSSR count). The van der Waals surface area contributed by atoms with Crippen molar-refractivity contribution in [3.8, 4) is 0 Å². The minimum Gasteiger partial charge on any atom is -0.370 e. The van der Waals surface area contributed by atoms with E-state index in [0.29, 0.717) is 25.4 Å². The van der Waals surface area contributed by atoms with Crippen LogP contribution in [-0.4, -0.2) is 35.5 Å². The van der Waals surface area contributed by atoms with Crippen molar-refractivity contribution < 1.29 is 13.9 Å². The SMILES string of the molecule is O=C(c1nccc2ccccc12)N1CCOC(c2cccc(F)c2)C1. The molecule has 1 amide bonds. The summed E-state index contributed by atoms with van der Waals surface area (Å²) < 4.78 is 19.2. The van der Waals surface area contributed by atoms with Crippen LogP contribution >= 0.6 is 0 Å². The lowest BCUT2D eigenvalue weighted by atomic mass is 10.1. The van der Waals surface area contributed by atoms with Gasteiger partial charge in [-0.15, -0.1) is 0 Å². The highest BCUT2D eigenvalue weighted by atomic mass is 19.1. The quantitative estimate of drug-likeness (QED) is 0.718. The number of nitrogens with zero attached hydrogens (tertiary/aromatic N) is 2. The fourth-order valence-corrected chi connectivity index (χ4v) is 3.18. The number of pyridine rings is 1. The van der Waals surface area contributed by atoms with Crippen LogP contribution in [0.15, 0.2) is 60.8 Å². The lowest BCUT2D eigenvalue weighted by Crippen LogP contribution is -2.42. The second kappa shape index (κ2) is 6.61. The first kappa shape index (κ1) is 15.7. The van der Waals surface area contributed by atoms with E-state index >= 15 is 0 Å². The third-order valence-corrected chi connectivity index (χ3v) is 4.45. The Hall–Kier alpha value is -2.79. The molecule has 1 unspecified atom stereocenters. The predicted molar refractivity (Wildman–Crippen MR) is 92.7 cm³/mol. The van der Waals surface area contributed by atoms with Crippen LogP contribution in [0.5, 0.6) is 0 Å². The molecule has 0 saturated carbocycles. The fraction of sp³-hybridized carbons (Fsp3) is 0.200. The number of fused-ring (bicyclic) bond motifs is 1. The summed E-state index contributed by atoms with van der Waals surface area (Å²) >= 11 is 0. The molecule has 1 aromatic heterocycles. The van der Waals surface area contributed by atoms with Gasteiger partial charge in [0.25, 0.3) is 5.91 Å². The monoisotopic (exact) mass is 336 g/mol. The van der Waals surface area contributed by atoms with Crippen LogP contribution in [0.2, 0.25) is 0 Å². The fourth-order valence-electron chi connectivity index (χ4n) is 3.18. The molecule has 5 heteroatoms. The summed E-state index contributed by atoms with van der Waals surface area (Å²) in [5.41, 5.74) is 1.18. The molecule has 0 radical (unpaired) electrons. The highest BCUT2D eigenvalue weighted by Gasteiger charge is 2.27. The van der Waals surface area contributed by atoms with Gasteiger partial charge in [0.05, 0.1) is 13.2 Å². The number of aromatic nitrogens is 1. The standard InChI is InChI=1S/C20H17FN2O2/c21-16-6-3-5-15(12-16)18-13-23(10-11-25-18)20(24)19-17-7-2-1-4-14(17)8-9-22-19/h1-9,12,18H,10-11,13H2. The summed E-state index contributed by atoms with van der Waals surface area (Å²) in [6.07, 6.45) is 1.32. The average Bonchev–Trinajstić information content (AvgIpc) is 2.67. The van der Waals surface area contributed by atoms with Gasteiger partial charge in [-0.05, 0) is 29.1 Å². The third-order valence-electron chi connectivity index (χ3n) is 4.45. The molecule has 0 spiro atoms. The van der Waals surface area contributed by atoms with Crippen molar-refractivity contribution in [3.05, 3.63) is 77.9 Å². The van der Waals surface area contributed by atoms with Crippen LogP contribution in [0.4, 0.5) is 4.39 Å². The van der Waals surface area contributed by atoms with E-state index < -0.39 is 0 Å². The van der Waals surface area contributed by atoms with Crippen LogP contribution in [0.1, 0.15) is 22.2 Å². The van der Waals surface area contributed by atoms with Gasteiger partial charge in [-0.3, -0.25) is 9.78 Å². The maximum absolute atomic E-state index is 13.5.